The molecule has 1 saturated heterocycles. The summed E-state index contributed by atoms with van der Waals surface area (Å²) in [6, 6.07) is 5.90. The molecule has 0 spiro atoms. The lowest BCUT2D eigenvalue weighted by Gasteiger charge is -2.28. The Balaban J connectivity index is 1.78. The SMILES string of the molecule is COCC(=O)N(Cc1cc(NC(=O)C2CCC2)ccc1N(C)C)C[C@@H]1CCCO1. The number of benzene rings is 1. The maximum absolute atomic E-state index is 12.7. The van der Waals surface area contributed by atoms with Gasteiger partial charge in [0.25, 0.3) is 0 Å². The van der Waals surface area contributed by atoms with E-state index in [9.17, 15) is 9.59 Å². The van der Waals surface area contributed by atoms with Crippen molar-refractivity contribution in [3.05, 3.63) is 23.8 Å². The van der Waals surface area contributed by atoms with Crippen LogP contribution in [-0.2, 0) is 25.6 Å². The van der Waals surface area contributed by atoms with Crippen molar-refractivity contribution in [1.29, 1.82) is 0 Å². The number of nitrogens with one attached hydrogen (secondary N) is 1. The first-order valence-electron chi connectivity index (χ1n) is 10.5. The van der Waals surface area contributed by atoms with Crippen molar-refractivity contribution in [2.24, 2.45) is 5.92 Å². The molecule has 1 aromatic carbocycles. The van der Waals surface area contributed by atoms with Gasteiger partial charge in [0.2, 0.25) is 11.8 Å². The van der Waals surface area contributed by atoms with Crippen molar-refractivity contribution in [3.63, 3.8) is 0 Å². The molecule has 1 heterocycles. The molecule has 0 aromatic heterocycles. The van der Waals surface area contributed by atoms with Crippen LogP contribution in [0.4, 0.5) is 11.4 Å². The Kier molecular flexibility index (Phi) is 7.50. The van der Waals surface area contributed by atoms with Crippen LogP contribution < -0.4 is 10.2 Å². The van der Waals surface area contributed by atoms with Crippen LogP contribution in [0, 0.1) is 5.92 Å². The van der Waals surface area contributed by atoms with E-state index in [-0.39, 0.29) is 30.4 Å². The predicted octanol–water partition coefficient (Wildman–Crippen LogP) is 2.65. The van der Waals surface area contributed by atoms with Gasteiger partial charge in [-0.2, -0.15) is 0 Å². The fraction of sp³-hybridized carbons (Fsp3) is 0.636. The molecule has 0 bridgehead atoms. The van der Waals surface area contributed by atoms with Gasteiger partial charge in [0.05, 0.1) is 6.10 Å². The third kappa shape index (κ3) is 5.70. The Morgan fingerprint density at radius 1 is 1.21 bits per heavy atom. The number of amides is 2. The highest BCUT2D eigenvalue weighted by Gasteiger charge is 2.26. The zero-order valence-corrected chi connectivity index (χ0v) is 17.8. The van der Waals surface area contributed by atoms with E-state index in [1.165, 1.54) is 7.11 Å². The van der Waals surface area contributed by atoms with Gasteiger partial charge in [0, 0.05) is 58.2 Å². The van der Waals surface area contributed by atoms with E-state index in [1.807, 2.05) is 37.2 Å². The second-order valence-corrected chi connectivity index (χ2v) is 8.20. The third-order valence-electron chi connectivity index (χ3n) is 5.73. The largest absolute Gasteiger partial charge is 0.377 e. The standard InChI is InChI=1S/C22H33N3O4/c1-24(2)20-10-9-18(23-22(27)16-6-4-7-16)12-17(20)13-25(21(26)15-28-3)14-19-8-5-11-29-19/h9-10,12,16,19H,4-8,11,13-15H2,1-3H3,(H,23,27)/t19-/m0/s1. The summed E-state index contributed by atoms with van der Waals surface area (Å²) < 4.78 is 10.8. The van der Waals surface area contributed by atoms with Crippen LogP contribution in [0.1, 0.15) is 37.7 Å². The number of hydrogen-bond donors (Lipinski definition) is 1. The molecule has 29 heavy (non-hydrogen) atoms. The van der Waals surface area contributed by atoms with Gasteiger partial charge in [0.1, 0.15) is 6.61 Å². The minimum atomic E-state index is -0.0587. The lowest BCUT2D eigenvalue weighted by molar-refractivity contribution is -0.137. The molecule has 1 aliphatic heterocycles. The van der Waals surface area contributed by atoms with Crippen LogP contribution in [0.3, 0.4) is 0 Å². The molecule has 1 aliphatic carbocycles. The highest BCUT2D eigenvalue weighted by atomic mass is 16.5. The molecule has 2 aliphatic rings. The molecule has 1 atom stereocenters. The highest BCUT2D eigenvalue weighted by molar-refractivity contribution is 5.93. The van der Waals surface area contributed by atoms with Crippen LogP contribution in [0.5, 0.6) is 0 Å². The summed E-state index contributed by atoms with van der Waals surface area (Å²) in [5.41, 5.74) is 2.79. The van der Waals surface area contributed by atoms with Gasteiger partial charge in [0.15, 0.2) is 0 Å². The summed E-state index contributed by atoms with van der Waals surface area (Å²) in [5, 5.41) is 3.04. The predicted molar refractivity (Wildman–Crippen MR) is 113 cm³/mol. The molecule has 7 heteroatoms. The molecule has 1 aromatic rings. The number of rotatable bonds is 9. The summed E-state index contributed by atoms with van der Waals surface area (Å²) in [5.74, 6) is 0.161. The molecular formula is C22H33N3O4. The van der Waals surface area contributed by atoms with Crippen LogP contribution >= 0.6 is 0 Å². The lowest BCUT2D eigenvalue weighted by Crippen LogP contribution is -2.39. The van der Waals surface area contributed by atoms with E-state index in [4.69, 9.17) is 9.47 Å². The maximum atomic E-state index is 12.7. The molecule has 0 unspecified atom stereocenters. The van der Waals surface area contributed by atoms with E-state index < -0.39 is 0 Å². The minimum Gasteiger partial charge on any atom is -0.377 e. The molecule has 0 radical (unpaired) electrons. The van der Waals surface area contributed by atoms with Crippen molar-refractivity contribution < 1.29 is 19.1 Å². The summed E-state index contributed by atoms with van der Waals surface area (Å²) in [4.78, 5) is 28.9. The Bertz CT molecular complexity index is 712. The van der Waals surface area contributed by atoms with Gasteiger partial charge in [-0.1, -0.05) is 6.42 Å². The maximum Gasteiger partial charge on any atom is 0.248 e. The van der Waals surface area contributed by atoms with E-state index in [0.717, 1.165) is 55.6 Å². The zero-order chi connectivity index (χ0) is 20.8. The van der Waals surface area contributed by atoms with Crippen molar-refractivity contribution >= 4 is 23.2 Å². The van der Waals surface area contributed by atoms with Gasteiger partial charge in [-0.25, -0.2) is 0 Å². The van der Waals surface area contributed by atoms with Crippen molar-refractivity contribution in [3.8, 4) is 0 Å². The molecule has 7 nitrogen and oxygen atoms in total. The van der Waals surface area contributed by atoms with E-state index in [1.54, 1.807) is 4.90 Å². The van der Waals surface area contributed by atoms with Crippen LogP contribution in [0.25, 0.3) is 0 Å². The van der Waals surface area contributed by atoms with E-state index in [2.05, 4.69) is 5.32 Å². The number of nitrogens with zero attached hydrogens (tertiary/aromatic N) is 2. The quantitative estimate of drug-likeness (QED) is 0.686. The lowest BCUT2D eigenvalue weighted by atomic mass is 9.85. The molecule has 2 amide bonds. The summed E-state index contributed by atoms with van der Waals surface area (Å²) in [6.07, 6.45) is 5.13. The van der Waals surface area contributed by atoms with Gasteiger partial charge >= 0.3 is 0 Å². The monoisotopic (exact) mass is 403 g/mol. The smallest absolute Gasteiger partial charge is 0.248 e. The third-order valence-corrected chi connectivity index (χ3v) is 5.73. The topological polar surface area (TPSA) is 71.1 Å². The van der Waals surface area contributed by atoms with Gasteiger partial charge < -0.3 is 24.6 Å². The van der Waals surface area contributed by atoms with Gasteiger partial charge in [-0.15, -0.1) is 0 Å². The Labute approximate surface area is 173 Å². The number of carbonyl (C=O) groups excluding carboxylic acids is 2. The summed E-state index contributed by atoms with van der Waals surface area (Å²) >= 11 is 0. The number of ether oxygens (including phenoxy) is 2. The second kappa shape index (κ2) is 10.1. The van der Waals surface area contributed by atoms with Crippen LogP contribution in [0.15, 0.2) is 18.2 Å². The molecular weight excluding hydrogens is 370 g/mol. The Morgan fingerprint density at radius 3 is 2.59 bits per heavy atom. The first-order chi connectivity index (χ1) is 14.0. The van der Waals surface area contributed by atoms with Crippen molar-refractivity contribution in [1.82, 2.24) is 4.90 Å². The number of hydrogen-bond acceptors (Lipinski definition) is 5. The average Bonchev–Trinajstić information content (AvgIpc) is 3.13. The highest BCUT2D eigenvalue weighted by Crippen LogP contribution is 2.29. The van der Waals surface area contributed by atoms with Crippen LogP contribution in [0.2, 0.25) is 0 Å². The Morgan fingerprint density at radius 2 is 2.00 bits per heavy atom. The second-order valence-electron chi connectivity index (χ2n) is 8.20. The zero-order valence-electron chi connectivity index (χ0n) is 17.8. The molecule has 3 rings (SSSR count). The van der Waals surface area contributed by atoms with Gasteiger partial charge in [-0.05, 0) is 49.4 Å². The first kappa shape index (κ1) is 21.6. The minimum absolute atomic E-state index is 0.0438. The van der Waals surface area contributed by atoms with Crippen molar-refractivity contribution in [2.45, 2.75) is 44.8 Å². The average molecular weight is 404 g/mol. The normalized spacial score (nSPS) is 18.9. The van der Waals surface area contributed by atoms with E-state index >= 15 is 0 Å². The summed E-state index contributed by atoms with van der Waals surface area (Å²) in [6.45, 7) is 1.79. The first-order valence-corrected chi connectivity index (χ1v) is 10.5. The number of carbonyl (C=O) groups is 2. The molecule has 1 saturated carbocycles. The molecule has 1 N–H and O–H groups in total. The summed E-state index contributed by atoms with van der Waals surface area (Å²) in [7, 11) is 5.49. The van der Waals surface area contributed by atoms with Crippen LogP contribution in [-0.4, -0.2) is 63.8 Å². The number of anilines is 2. The van der Waals surface area contributed by atoms with E-state index in [0.29, 0.717) is 13.1 Å². The fourth-order valence-corrected chi connectivity index (χ4v) is 3.85. The van der Waals surface area contributed by atoms with Gasteiger partial charge in [-0.3, -0.25) is 9.59 Å². The Hall–Kier alpha value is -2.12. The fourth-order valence-electron chi connectivity index (χ4n) is 3.85. The van der Waals surface area contributed by atoms with Crippen molar-refractivity contribution in [2.75, 3.05) is 51.2 Å². The number of methoxy groups -OCH3 is 1. The molecule has 160 valence electrons. The molecule has 2 fully saturated rings.